The second-order valence-corrected chi connectivity index (χ2v) is 4.87. The Bertz CT molecular complexity index is 659. The Morgan fingerprint density at radius 2 is 2.41 bits per heavy atom. The fraction of sp³-hybridized carbons (Fsp3) is 0.357. The van der Waals surface area contributed by atoms with Gasteiger partial charge < -0.3 is 19.4 Å². The molecule has 0 aliphatic carbocycles. The van der Waals surface area contributed by atoms with Gasteiger partial charge in [0.05, 0.1) is 44.1 Å². The number of fused-ring (bicyclic) bond motifs is 1. The highest BCUT2D eigenvalue weighted by Gasteiger charge is 2.22. The number of amides is 1. The molecule has 22 heavy (non-hydrogen) atoms. The summed E-state index contributed by atoms with van der Waals surface area (Å²) in [6.45, 7) is 1.99. The number of pyridine rings is 1. The van der Waals surface area contributed by atoms with Gasteiger partial charge in [0.25, 0.3) is 0 Å². The molecule has 3 rings (SSSR count). The van der Waals surface area contributed by atoms with Gasteiger partial charge in [-0.25, -0.2) is 14.8 Å². The van der Waals surface area contributed by atoms with Crippen molar-refractivity contribution in [3.05, 3.63) is 30.5 Å². The molecule has 0 bridgehead atoms. The van der Waals surface area contributed by atoms with E-state index >= 15 is 0 Å². The zero-order valence-corrected chi connectivity index (χ0v) is 12.4. The van der Waals surface area contributed by atoms with Crippen molar-refractivity contribution in [3.8, 4) is 5.75 Å². The molecule has 0 saturated carbocycles. The lowest BCUT2D eigenvalue weighted by molar-refractivity contribution is 0.180. The molecule has 116 valence electrons. The summed E-state index contributed by atoms with van der Waals surface area (Å²) in [6.07, 6.45) is 4.67. The average molecular weight is 303 g/mol. The molecule has 2 aromatic rings. The first-order chi connectivity index (χ1) is 10.7. The molecule has 0 spiro atoms. The molecule has 0 unspecified atom stereocenters. The van der Waals surface area contributed by atoms with Gasteiger partial charge in [-0.15, -0.1) is 0 Å². The Balaban J connectivity index is 1.89. The summed E-state index contributed by atoms with van der Waals surface area (Å²) >= 11 is 0. The maximum absolute atomic E-state index is 11.6. The lowest BCUT2D eigenvalue weighted by Gasteiger charge is -2.31. The van der Waals surface area contributed by atoms with Crippen LogP contribution in [0.3, 0.4) is 0 Å². The smallest absolute Gasteiger partial charge is 0.414 e. The van der Waals surface area contributed by atoms with E-state index in [1.54, 1.807) is 19.6 Å². The summed E-state index contributed by atoms with van der Waals surface area (Å²) in [5.41, 5.74) is 1.82. The molecule has 0 aromatic carbocycles. The molecule has 1 aliphatic rings. The van der Waals surface area contributed by atoms with Gasteiger partial charge in [0.2, 0.25) is 0 Å². The fourth-order valence-corrected chi connectivity index (χ4v) is 2.32. The normalized spacial score (nSPS) is 13.3. The highest BCUT2D eigenvalue weighted by molar-refractivity contribution is 5.86. The molecular formula is C14H17N5O3. The topological polar surface area (TPSA) is 83.6 Å². The third-order valence-electron chi connectivity index (χ3n) is 3.49. The summed E-state index contributed by atoms with van der Waals surface area (Å²) in [5, 5.41) is 0. The number of rotatable bonds is 3. The van der Waals surface area contributed by atoms with E-state index in [9.17, 15) is 4.79 Å². The molecular weight excluding hydrogens is 286 g/mol. The lowest BCUT2D eigenvalue weighted by atomic mass is 10.2. The average Bonchev–Trinajstić information content (AvgIpc) is 3.06. The highest BCUT2D eigenvalue weighted by Crippen LogP contribution is 2.34. The number of aromatic amines is 1. The van der Waals surface area contributed by atoms with E-state index in [0.29, 0.717) is 24.7 Å². The Morgan fingerprint density at radius 3 is 3.14 bits per heavy atom. The SMILES string of the molecule is COC(=O)N(C)c1cc2c(cn1)OCCN2Cc1c[nH]cn1. The van der Waals surface area contributed by atoms with Crippen molar-refractivity contribution in [2.24, 2.45) is 0 Å². The molecule has 2 aromatic heterocycles. The van der Waals surface area contributed by atoms with Crippen molar-refractivity contribution in [2.45, 2.75) is 6.54 Å². The van der Waals surface area contributed by atoms with Crippen LogP contribution in [0.5, 0.6) is 5.75 Å². The van der Waals surface area contributed by atoms with E-state index in [-0.39, 0.29) is 0 Å². The van der Waals surface area contributed by atoms with Crippen LogP contribution in [0.4, 0.5) is 16.3 Å². The van der Waals surface area contributed by atoms with Gasteiger partial charge in [-0.1, -0.05) is 0 Å². The van der Waals surface area contributed by atoms with Gasteiger partial charge in [-0.05, 0) is 0 Å². The second kappa shape index (κ2) is 5.92. The number of aromatic nitrogens is 3. The van der Waals surface area contributed by atoms with Crippen LogP contribution >= 0.6 is 0 Å². The summed E-state index contributed by atoms with van der Waals surface area (Å²) in [6, 6.07) is 1.82. The van der Waals surface area contributed by atoms with E-state index < -0.39 is 6.09 Å². The Labute approximate surface area is 127 Å². The number of nitrogens with one attached hydrogen (secondary N) is 1. The number of H-pyrrole nitrogens is 1. The van der Waals surface area contributed by atoms with Gasteiger partial charge in [0, 0.05) is 19.3 Å². The first kappa shape index (κ1) is 14.2. The van der Waals surface area contributed by atoms with Crippen molar-refractivity contribution in [2.75, 3.05) is 37.1 Å². The van der Waals surface area contributed by atoms with Crippen molar-refractivity contribution in [1.82, 2.24) is 15.0 Å². The predicted molar refractivity (Wildman–Crippen MR) is 80.2 cm³/mol. The maximum Gasteiger partial charge on any atom is 0.414 e. The summed E-state index contributed by atoms with van der Waals surface area (Å²) in [7, 11) is 2.95. The van der Waals surface area contributed by atoms with Crippen molar-refractivity contribution >= 4 is 17.6 Å². The zero-order chi connectivity index (χ0) is 15.5. The number of hydrogen-bond donors (Lipinski definition) is 1. The Kier molecular flexibility index (Phi) is 3.82. The second-order valence-electron chi connectivity index (χ2n) is 4.87. The number of carbonyl (C=O) groups is 1. The van der Waals surface area contributed by atoms with Gasteiger partial charge in [-0.3, -0.25) is 4.90 Å². The van der Waals surface area contributed by atoms with E-state index in [1.807, 2.05) is 12.3 Å². The van der Waals surface area contributed by atoms with Crippen molar-refractivity contribution in [3.63, 3.8) is 0 Å². The molecule has 0 fully saturated rings. The molecule has 1 amide bonds. The minimum absolute atomic E-state index is 0.469. The molecule has 1 N–H and O–H groups in total. The number of hydrogen-bond acceptors (Lipinski definition) is 6. The number of imidazole rings is 1. The molecule has 8 nitrogen and oxygen atoms in total. The standard InChI is InChI=1S/C14H17N5O3/c1-18(14(20)21-2)13-5-11-12(7-16-13)22-4-3-19(11)8-10-6-15-9-17-10/h5-7,9H,3-4,8H2,1-2H3,(H,15,17). The lowest BCUT2D eigenvalue weighted by Crippen LogP contribution is -2.33. The third kappa shape index (κ3) is 2.67. The highest BCUT2D eigenvalue weighted by atomic mass is 16.5. The number of carbonyl (C=O) groups excluding carboxylic acids is 1. The molecule has 1 aliphatic heterocycles. The van der Waals surface area contributed by atoms with Crippen molar-refractivity contribution < 1.29 is 14.3 Å². The molecule has 3 heterocycles. The zero-order valence-electron chi connectivity index (χ0n) is 12.4. The van der Waals surface area contributed by atoms with Gasteiger partial charge in [0.1, 0.15) is 12.4 Å². The maximum atomic E-state index is 11.6. The van der Waals surface area contributed by atoms with E-state index in [0.717, 1.165) is 17.9 Å². The van der Waals surface area contributed by atoms with E-state index in [4.69, 9.17) is 9.47 Å². The monoisotopic (exact) mass is 303 g/mol. The van der Waals surface area contributed by atoms with E-state index in [2.05, 4.69) is 19.9 Å². The molecule has 0 atom stereocenters. The fourth-order valence-electron chi connectivity index (χ4n) is 2.32. The first-order valence-corrected chi connectivity index (χ1v) is 6.86. The van der Waals surface area contributed by atoms with E-state index in [1.165, 1.54) is 12.0 Å². The number of ether oxygens (including phenoxy) is 2. The predicted octanol–water partition coefficient (Wildman–Crippen LogP) is 1.41. The van der Waals surface area contributed by atoms with Crippen LogP contribution in [-0.2, 0) is 11.3 Å². The van der Waals surface area contributed by atoms with Gasteiger partial charge in [-0.2, -0.15) is 0 Å². The summed E-state index contributed by atoms with van der Waals surface area (Å²) in [4.78, 5) is 26.5. The summed E-state index contributed by atoms with van der Waals surface area (Å²) in [5.74, 6) is 1.20. The van der Waals surface area contributed by atoms with Crippen LogP contribution in [-0.4, -0.2) is 48.4 Å². The third-order valence-corrected chi connectivity index (χ3v) is 3.49. The van der Waals surface area contributed by atoms with Crippen LogP contribution in [0.25, 0.3) is 0 Å². The number of anilines is 2. The Hall–Kier alpha value is -2.77. The van der Waals surface area contributed by atoms with Crippen LogP contribution in [0, 0.1) is 0 Å². The first-order valence-electron chi connectivity index (χ1n) is 6.86. The molecule has 0 radical (unpaired) electrons. The number of methoxy groups -OCH3 is 1. The van der Waals surface area contributed by atoms with Gasteiger partial charge in [0.15, 0.2) is 5.75 Å². The summed E-state index contributed by atoms with van der Waals surface area (Å²) < 4.78 is 10.3. The molecule has 0 saturated heterocycles. The van der Waals surface area contributed by atoms with Crippen LogP contribution in [0.15, 0.2) is 24.8 Å². The minimum atomic E-state index is -0.469. The van der Waals surface area contributed by atoms with Crippen LogP contribution in [0.1, 0.15) is 5.69 Å². The molecule has 8 heteroatoms. The van der Waals surface area contributed by atoms with Gasteiger partial charge >= 0.3 is 6.09 Å². The van der Waals surface area contributed by atoms with Crippen LogP contribution < -0.4 is 14.5 Å². The number of nitrogens with zero attached hydrogens (tertiary/aromatic N) is 4. The van der Waals surface area contributed by atoms with Crippen LogP contribution in [0.2, 0.25) is 0 Å². The Morgan fingerprint density at radius 1 is 1.55 bits per heavy atom. The minimum Gasteiger partial charge on any atom is -0.488 e. The van der Waals surface area contributed by atoms with Crippen molar-refractivity contribution in [1.29, 1.82) is 0 Å². The quantitative estimate of drug-likeness (QED) is 0.923. The largest absolute Gasteiger partial charge is 0.488 e.